The molecule has 102 valence electrons. The van der Waals surface area contributed by atoms with Gasteiger partial charge in [0.15, 0.2) is 0 Å². The van der Waals surface area contributed by atoms with Crippen LogP contribution in [0, 0.1) is 5.82 Å². The molecule has 7 heteroatoms. The van der Waals surface area contributed by atoms with Gasteiger partial charge in [0.2, 0.25) is 0 Å². The fourth-order valence-corrected chi connectivity index (χ4v) is 2.36. The van der Waals surface area contributed by atoms with Crippen LogP contribution in [0.1, 0.15) is 0 Å². The van der Waals surface area contributed by atoms with E-state index in [1.807, 2.05) is 0 Å². The Morgan fingerprint density at radius 1 is 1.32 bits per heavy atom. The van der Waals surface area contributed by atoms with Crippen molar-refractivity contribution in [3.63, 3.8) is 0 Å². The molecule has 0 atom stereocenters. The minimum Gasteiger partial charge on any atom is -0.358 e. The van der Waals surface area contributed by atoms with Gasteiger partial charge in [0, 0.05) is 25.2 Å². The van der Waals surface area contributed by atoms with Crippen LogP contribution >= 0.6 is 0 Å². The van der Waals surface area contributed by atoms with E-state index in [1.54, 1.807) is 24.1 Å². The molecule has 0 saturated carbocycles. The number of halogens is 1. The highest BCUT2D eigenvalue weighted by molar-refractivity contribution is 7.90. The van der Waals surface area contributed by atoms with Crippen LogP contribution in [0.15, 0.2) is 24.5 Å². The van der Waals surface area contributed by atoms with Crippen molar-refractivity contribution in [1.29, 1.82) is 0 Å². The summed E-state index contributed by atoms with van der Waals surface area (Å²) in [5, 5.41) is 0.568. The molecule has 0 radical (unpaired) electrons. The van der Waals surface area contributed by atoms with Crippen molar-refractivity contribution in [2.75, 3.05) is 30.5 Å². The fraction of sp³-hybridized carbons (Fsp3) is 0.333. The van der Waals surface area contributed by atoms with Crippen molar-refractivity contribution in [1.82, 2.24) is 9.97 Å². The second-order valence-electron chi connectivity index (χ2n) is 4.38. The lowest BCUT2D eigenvalue weighted by molar-refractivity contribution is 0.601. The zero-order valence-corrected chi connectivity index (χ0v) is 11.5. The predicted octanol–water partition coefficient (Wildman–Crippen LogP) is 1.25. The Bertz CT molecular complexity index is 703. The Balaban J connectivity index is 2.37. The van der Waals surface area contributed by atoms with Crippen molar-refractivity contribution in [2.24, 2.45) is 0 Å². The number of fused-ring (bicyclic) bond motifs is 1. The topological polar surface area (TPSA) is 63.2 Å². The van der Waals surface area contributed by atoms with Crippen molar-refractivity contribution >= 4 is 26.6 Å². The molecule has 0 spiro atoms. The molecule has 0 aliphatic carbocycles. The molecule has 0 fully saturated rings. The second-order valence-corrected chi connectivity index (χ2v) is 6.64. The van der Waals surface area contributed by atoms with E-state index in [1.165, 1.54) is 18.6 Å². The summed E-state index contributed by atoms with van der Waals surface area (Å²) >= 11 is 0. The zero-order chi connectivity index (χ0) is 14.0. The predicted molar refractivity (Wildman–Crippen MR) is 72.5 cm³/mol. The first-order valence-corrected chi connectivity index (χ1v) is 7.72. The number of para-hydroxylation sites is 1. The van der Waals surface area contributed by atoms with Gasteiger partial charge >= 0.3 is 0 Å². The Labute approximate surface area is 111 Å². The lowest BCUT2D eigenvalue weighted by Gasteiger charge is -2.19. The number of hydrogen-bond acceptors (Lipinski definition) is 5. The van der Waals surface area contributed by atoms with Crippen LogP contribution in [0.25, 0.3) is 10.9 Å². The third kappa shape index (κ3) is 3.17. The minimum absolute atomic E-state index is 0.0182. The van der Waals surface area contributed by atoms with Crippen LogP contribution in [0.4, 0.5) is 10.2 Å². The van der Waals surface area contributed by atoms with Crippen molar-refractivity contribution in [3.05, 3.63) is 30.3 Å². The number of nitrogens with zero attached hydrogens (tertiary/aromatic N) is 3. The van der Waals surface area contributed by atoms with Gasteiger partial charge in [0.1, 0.15) is 33.3 Å². The second kappa shape index (κ2) is 5.08. The van der Waals surface area contributed by atoms with Gasteiger partial charge in [0.05, 0.1) is 5.75 Å². The van der Waals surface area contributed by atoms with Gasteiger partial charge in [-0.2, -0.15) is 0 Å². The zero-order valence-electron chi connectivity index (χ0n) is 10.7. The average Bonchev–Trinajstić information content (AvgIpc) is 2.35. The van der Waals surface area contributed by atoms with Crippen molar-refractivity contribution in [3.8, 4) is 0 Å². The molecule has 2 aromatic rings. The van der Waals surface area contributed by atoms with E-state index in [0.29, 0.717) is 17.7 Å². The van der Waals surface area contributed by atoms with Crippen LogP contribution in [0.2, 0.25) is 0 Å². The highest BCUT2D eigenvalue weighted by Gasteiger charge is 2.12. The van der Waals surface area contributed by atoms with Crippen LogP contribution in [-0.2, 0) is 9.84 Å². The largest absolute Gasteiger partial charge is 0.358 e. The van der Waals surface area contributed by atoms with Crippen LogP contribution < -0.4 is 4.90 Å². The van der Waals surface area contributed by atoms with E-state index >= 15 is 0 Å². The summed E-state index contributed by atoms with van der Waals surface area (Å²) in [7, 11) is -1.33. The highest BCUT2D eigenvalue weighted by Crippen LogP contribution is 2.23. The number of sulfone groups is 1. The molecule has 2 rings (SSSR count). The van der Waals surface area contributed by atoms with Crippen molar-refractivity contribution < 1.29 is 12.8 Å². The maximum absolute atomic E-state index is 13.6. The molecule has 0 aliphatic rings. The lowest BCUT2D eigenvalue weighted by Crippen LogP contribution is -2.25. The van der Waals surface area contributed by atoms with Crippen LogP contribution in [0.3, 0.4) is 0 Å². The maximum Gasteiger partial charge on any atom is 0.149 e. The van der Waals surface area contributed by atoms with Crippen LogP contribution in [-0.4, -0.2) is 44.0 Å². The Morgan fingerprint density at radius 3 is 2.74 bits per heavy atom. The monoisotopic (exact) mass is 283 g/mol. The smallest absolute Gasteiger partial charge is 0.149 e. The molecule has 0 aliphatic heterocycles. The molecular formula is C12H14FN3O2S. The molecule has 1 aromatic carbocycles. The number of anilines is 1. The molecule has 0 amide bonds. The first kappa shape index (κ1) is 13.7. The number of rotatable bonds is 4. The molecule has 0 bridgehead atoms. The number of benzene rings is 1. The lowest BCUT2D eigenvalue weighted by atomic mass is 10.2. The van der Waals surface area contributed by atoms with Gasteiger partial charge in [-0.1, -0.05) is 6.07 Å². The van der Waals surface area contributed by atoms with Gasteiger partial charge in [0.25, 0.3) is 0 Å². The summed E-state index contributed by atoms with van der Waals surface area (Å²) in [4.78, 5) is 9.69. The first-order valence-electron chi connectivity index (χ1n) is 5.66. The summed E-state index contributed by atoms with van der Waals surface area (Å²) in [6, 6.07) is 4.62. The fourth-order valence-electron chi connectivity index (χ4n) is 1.75. The molecule has 19 heavy (non-hydrogen) atoms. The third-order valence-electron chi connectivity index (χ3n) is 2.75. The molecule has 0 unspecified atom stereocenters. The normalized spacial score (nSPS) is 11.7. The number of hydrogen-bond donors (Lipinski definition) is 0. The molecule has 0 saturated heterocycles. The molecule has 0 N–H and O–H groups in total. The van der Waals surface area contributed by atoms with Gasteiger partial charge < -0.3 is 4.90 Å². The van der Waals surface area contributed by atoms with E-state index in [0.717, 1.165) is 0 Å². The molecule has 1 aromatic heterocycles. The summed E-state index contributed by atoms with van der Waals surface area (Å²) in [6.45, 7) is 0.293. The average molecular weight is 283 g/mol. The van der Waals surface area contributed by atoms with Crippen LogP contribution in [0.5, 0.6) is 0 Å². The SMILES string of the molecule is CN(CCS(C)(=O)=O)c1ncnc2c(F)cccc12. The van der Waals surface area contributed by atoms with Gasteiger partial charge in [-0.15, -0.1) is 0 Å². The summed E-state index contributed by atoms with van der Waals surface area (Å²) in [5.41, 5.74) is 0.235. The first-order chi connectivity index (χ1) is 8.88. The number of aromatic nitrogens is 2. The van der Waals surface area contributed by atoms with Gasteiger partial charge in [-0.3, -0.25) is 0 Å². The molecule has 5 nitrogen and oxygen atoms in total. The summed E-state index contributed by atoms with van der Waals surface area (Å²) in [6.07, 6.45) is 2.45. The van der Waals surface area contributed by atoms with E-state index in [2.05, 4.69) is 9.97 Å². The molecule has 1 heterocycles. The van der Waals surface area contributed by atoms with E-state index in [4.69, 9.17) is 0 Å². The van der Waals surface area contributed by atoms with E-state index in [9.17, 15) is 12.8 Å². The van der Waals surface area contributed by atoms with Gasteiger partial charge in [-0.25, -0.2) is 22.8 Å². The summed E-state index contributed by atoms with van der Waals surface area (Å²) < 4.78 is 35.9. The summed E-state index contributed by atoms with van der Waals surface area (Å²) in [5.74, 6) is 0.121. The quantitative estimate of drug-likeness (QED) is 0.845. The Kier molecular flexibility index (Phi) is 3.66. The maximum atomic E-state index is 13.6. The van der Waals surface area contributed by atoms with E-state index < -0.39 is 15.7 Å². The molecular weight excluding hydrogens is 269 g/mol. The minimum atomic E-state index is -3.05. The van der Waals surface area contributed by atoms with Gasteiger partial charge in [-0.05, 0) is 12.1 Å². The third-order valence-corrected chi connectivity index (χ3v) is 3.68. The van der Waals surface area contributed by atoms with E-state index in [-0.39, 0.29) is 11.3 Å². The van der Waals surface area contributed by atoms with Crippen molar-refractivity contribution in [2.45, 2.75) is 0 Å². The Morgan fingerprint density at radius 2 is 2.05 bits per heavy atom. The highest BCUT2D eigenvalue weighted by atomic mass is 32.2. The standard InChI is InChI=1S/C12H14FN3O2S/c1-16(6-7-19(2,17)18)12-9-4-3-5-10(13)11(9)14-8-15-12/h3-5,8H,6-7H2,1-2H3. The Hall–Kier alpha value is -1.76.